The molecule has 1 aromatic heterocycles. The minimum absolute atomic E-state index is 0.149. The molecule has 1 aromatic carbocycles. The van der Waals surface area contributed by atoms with Crippen molar-refractivity contribution in [2.75, 3.05) is 25.6 Å². The summed E-state index contributed by atoms with van der Waals surface area (Å²) in [4.78, 5) is 25.8. The maximum atomic E-state index is 11.0. The minimum Gasteiger partial charge on any atom is -0.491 e. The van der Waals surface area contributed by atoms with Gasteiger partial charge in [-0.15, -0.1) is 0 Å². The van der Waals surface area contributed by atoms with Crippen molar-refractivity contribution >= 4 is 29.2 Å². The van der Waals surface area contributed by atoms with E-state index in [0.29, 0.717) is 42.7 Å². The van der Waals surface area contributed by atoms with Crippen molar-refractivity contribution in [1.82, 2.24) is 4.98 Å². The summed E-state index contributed by atoms with van der Waals surface area (Å²) in [5, 5.41) is 3.75. The van der Waals surface area contributed by atoms with Crippen molar-refractivity contribution in [3.8, 4) is 5.75 Å². The van der Waals surface area contributed by atoms with Crippen molar-refractivity contribution < 1.29 is 19.1 Å². The molecule has 0 saturated carbocycles. The topological polar surface area (TPSA) is 77.5 Å². The molecule has 22 heavy (non-hydrogen) atoms. The number of fused-ring (bicyclic) bond motifs is 1. The molecule has 0 atom stereocenters. The summed E-state index contributed by atoms with van der Waals surface area (Å²) in [6, 6.07) is 7.29. The largest absolute Gasteiger partial charge is 0.491 e. The molecule has 0 aliphatic heterocycles. The van der Waals surface area contributed by atoms with E-state index in [0.717, 1.165) is 11.5 Å². The van der Waals surface area contributed by atoms with Gasteiger partial charge in [-0.05, 0) is 12.1 Å². The maximum absolute atomic E-state index is 11.0. The number of hydrogen-bond acceptors (Lipinski definition) is 6. The van der Waals surface area contributed by atoms with Gasteiger partial charge in [0.05, 0.1) is 23.5 Å². The number of allylic oxidation sites excluding steroid dienone is 2. The van der Waals surface area contributed by atoms with Crippen LogP contribution in [0.15, 0.2) is 42.2 Å². The third-order valence-electron chi connectivity index (χ3n) is 2.89. The third kappa shape index (κ3) is 3.89. The summed E-state index contributed by atoms with van der Waals surface area (Å²) in [7, 11) is 1.60. The normalized spacial score (nSPS) is 11.2. The molecule has 1 N–H and O–H groups in total. The van der Waals surface area contributed by atoms with Crippen LogP contribution in [0.25, 0.3) is 10.9 Å². The van der Waals surface area contributed by atoms with Crippen LogP contribution in [-0.2, 0) is 14.3 Å². The highest BCUT2D eigenvalue weighted by Gasteiger charge is 2.07. The molecule has 0 aliphatic rings. The van der Waals surface area contributed by atoms with Gasteiger partial charge in [-0.1, -0.05) is 6.07 Å². The number of anilines is 1. The molecular formula is C16H16N2O4. The number of pyridine rings is 1. The summed E-state index contributed by atoms with van der Waals surface area (Å²) in [6.07, 6.45) is 3.93. The van der Waals surface area contributed by atoms with E-state index in [1.54, 1.807) is 19.4 Å². The number of nitrogens with one attached hydrogen (secondary N) is 1. The average molecular weight is 300 g/mol. The number of rotatable bonds is 8. The van der Waals surface area contributed by atoms with Crippen LogP contribution in [0.5, 0.6) is 5.75 Å². The number of methoxy groups -OCH3 is 1. The minimum atomic E-state index is 0.149. The lowest BCUT2D eigenvalue weighted by Crippen LogP contribution is -2.06. The van der Waals surface area contributed by atoms with E-state index in [1.165, 1.54) is 0 Å². The maximum Gasteiger partial charge on any atom is 0.166 e. The number of ether oxygens (including phenoxy) is 2. The SMILES string of the molecule is COCCOc1cc(N/C(C=O)=C\C=O)c2ncccc2c1. The Balaban J connectivity index is 2.38. The Kier molecular flexibility index (Phi) is 5.62. The smallest absolute Gasteiger partial charge is 0.166 e. The summed E-state index contributed by atoms with van der Waals surface area (Å²) in [5.74, 6) is 0.622. The molecule has 6 nitrogen and oxygen atoms in total. The number of nitrogens with zero attached hydrogens (tertiary/aromatic N) is 1. The summed E-state index contributed by atoms with van der Waals surface area (Å²) in [5.41, 5.74) is 1.42. The van der Waals surface area contributed by atoms with Crippen LogP contribution < -0.4 is 10.1 Å². The summed E-state index contributed by atoms with van der Waals surface area (Å²) in [6.45, 7) is 0.880. The molecule has 0 fully saturated rings. The molecule has 0 spiro atoms. The molecule has 0 unspecified atom stereocenters. The standard InChI is InChI=1S/C16H16N2O4/c1-21-7-8-22-14-9-12-3-2-5-17-16(12)15(10-14)18-13(11-20)4-6-19/h2-6,9-11,18H,7-8H2,1H3/b13-4-. The lowest BCUT2D eigenvalue weighted by Gasteiger charge is -2.12. The molecule has 0 aliphatic carbocycles. The first-order chi connectivity index (χ1) is 10.8. The number of carbonyl (C=O) groups is 2. The second-order valence-electron chi connectivity index (χ2n) is 4.39. The highest BCUT2D eigenvalue weighted by Crippen LogP contribution is 2.28. The first-order valence-electron chi connectivity index (χ1n) is 6.66. The van der Waals surface area contributed by atoms with Crippen molar-refractivity contribution in [1.29, 1.82) is 0 Å². The average Bonchev–Trinajstić information content (AvgIpc) is 2.54. The monoisotopic (exact) mass is 300 g/mol. The van der Waals surface area contributed by atoms with Gasteiger partial charge in [0.1, 0.15) is 18.6 Å². The van der Waals surface area contributed by atoms with Crippen LogP contribution in [-0.4, -0.2) is 37.9 Å². The van der Waals surface area contributed by atoms with Gasteiger partial charge in [-0.25, -0.2) is 0 Å². The highest BCUT2D eigenvalue weighted by atomic mass is 16.5. The van der Waals surface area contributed by atoms with Crippen LogP contribution in [0, 0.1) is 0 Å². The number of hydrogen-bond donors (Lipinski definition) is 1. The fraction of sp³-hybridized carbons (Fsp3) is 0.188. The Bertz CT molecular complexity index is 698. The van der Waals surface area contributed by atoms with Crippen molar-refractivity contribution in [2.24, 2.45) is 0 Å². The second kappa shape index (κ2) is 7.90. The second-order valence-corrected chi connectivity index (χ2v) is 4.39. The molecule has 0 amide bonds. The lowest BCUT2D eigenvalue weighted by molar-refractivity contribution is -0.106. The van der Waals surface area contributed by atoms with Gasteiger partial charge in [0.2, 0.25) is 0 Å². The molecule has 1 heterocycles. The summed E-state index contributed by atoms with van der Waals surface area (Å²) >= 11 is 0. The van der Waals surface area contributed by atoms with E-state index in [2.05, 4.69) is 10.3 Å². The van der Waals surface area contributed by atoms with Gasteiger partial charge in [0, 0.05) is 30.8 Å². The van der Waals surface area contributed by atoms with Gasteiger partial charge in [-0.2, -0.15) is 0 Å². The van der Waals surface area contributed by atoms with Crippen LogP contribution in [0.2, 0.25) is 0 Å². The third-order valence-corrected chi connectivity index (χ3v) is 2.89. The number of aromatic nitrogens is 1. The Morgan fingerprint density at radius 2 is 2.18 bits per heavy atom. The van der Waals surface area contributed by atoms with Gasteiger partial charge in [0.25, 0.3) is 0 Å². The Morgan fingerprint density at radius 3 is 2.91 bits per heavy atom. The van der Waals surface area contributed by atoms with Crippen LogP contribution >= 0.6 is 0 Å². The van der Waals surface area contributed by atoms with E-state index in [-0.39, 0.29) is 5.70 Å². The van der Waals surface area contributed by atoms with E-state index in [9.17, 15) is 9.59 Å². The molecule has 0 radical (unpaired) electrons. The molecule has 2 aromatic rings. The number of carbonyl (C=O) groups excluding carboxylic acids is 2. The molecule has 6 heteroatoms. The van der Waals surface area contributed by atoms with Crippen LogP contribution in [0.1, 0.15) is 0 Å². The molecule has 0 saturated heterocycles. The van der Waals surface area contributed by atoms with Gasteiger partial charge < -0.3 is 14.8 Å². The van der Waals surface area contributed by atoms with E-state index in [4.69, 9.17) is 9.47 Å². The summed E-state index contributed by atoms with van der Waals surface area (Å²) < 4.78 is 10.5. The zero-order chi connectivity index (χ0) is 15.8. The van der Waals surface area contributed by atoms with Gasteiger partial charge in [-0.3, -0.25) is 14.6 Å². The van der Waals surface area contributed by atoms with E-state index < -0.39 is 0 Å². The molecule has 0 bridgehead atoms. The highest BCUT2D eigenvalue weighted by molar-refractivity contribution is 5.95. The predicted octanol–water partition coefficient (Wildman–Crippen LogP) is 1.95. The Morgan fingerprint density at radius 1 is 1.32 bits per heavy atom. The van der Waals surface area contributed by atoms with Crippen LogP contribution in [0.4, 0.5) is 5.69 Å². The molecule has 2 rings (SSSR count). The number of aldehydes is 2. The Labute approximate surface area is 127 Å². The quantitative estimate of drug-likeness (QED) is 0.456. The molecule has 114 valence electrons. The van der Waals surface area contributed by atoms with Crippen LogP contribution in [0.3, 0.4) is 0 Å². The van der Waals surface area contributed by atoms with E-state index >= 15 is 0 Å². The van der Waals surface area contributed by atoms with Gasteiger partial charge in [0.15, 0.2) is 6.29 Å². The Hall–Kier alpha value is -2.73. The predicted molar refractivity (Wildman–Crippen MR) is 82.9 cm³/mol. The zero-order valence-corrected chi connectivity index (χ0v) is 12.1. The first-order valence-corrected chi connectivity index (χ1v) is 6.66. The van der Waals surface area contributed by atoms with E-state index in [1.807, 2.05) is 18.2 Å². The fourth-order valence-electron chi connectivity index (χ4n) is 1.93. The fourth-order valence-corrected chi connectivity index (χ4v) is 1.93. The van der Waals surface area contributed by atoms with Crippen molar-refractivity contribution in [3.05, 3.63) is 42.2 Å². The van der Waals surface area contributed by atoms with Gasteiger partial charge >= 0.3 is 0 Å². The zero-order valence-electron chi connectivity index (χ0n) is 12.1. The lowest BCUT2D eigenvalue weighted by atomic mass is 10.1. The number of benzene rings is 1. The van der Waals surface area contributed by atoms with Crippen molar-refractivity contribution in [2.45, 2.75) is 0 Å². The molecular weight excluding hydrogens is 284 g/mol. The first kappa shape index (κ1) is 15.7. The van der Waals surface area contributed by atoms with Crippen molar-refractivity contribution in [3.63, 3.8) is 0 Å².